The monoisotopic (exact) mass is 339 g/mol. The number of benzene rings is 1. The number of aromatic nitrogens is 1. The molecule has 25 heavy (non-hydrogen) atoms. The second kappa shape index (κ2) is 8.60. The van der Waals surface area contributed by atoms with Crippen LogP contribution in [0.1, 0.15) is 25.5 Å². The Morgan fingerprint density at radius 3 is 2.44 bits per heavy atom. The maximum atomic E-state index is 9.36. The van der Waals surface area contributed by atoms with Crippen molar-refractivity contribution in [3.05, 3.63) is 54.1 Å². The molecule has 2 aromatic rings. The summed E-state index contributed by atoms with van der Waals surface area (Å²) in [6.45, 7) is 3.97. The van der Waals surface area contributed by atoms with Crippen molar-refractivity contribution in [3.8, 4) is 23.4 Å². The smallest absolute Gasteiger partial charge is 0.257 e. The summed E-state index contributed by atoms with van der Waals surface area (Å²) in [5.74, 6) is 1.46. The first-order valence-electron chi connectivity index (χ1n) is 7.81. The van der Waals surface area contributed by atoms with Crippen molar-refractivity contribution in [1.82, 2.24) is 4.98 Å². The molecule has 0 saturated heterocycles. The molecule has 130 valence electrons. The first-order chi connectivity index (χ1) is 12.1. The van der Waals surface area contributed by atoms with Crippen LogP contribution in [-0.2, 0) is 0 Å². The van der Waals surface area contributed by atoms with Crippen molar-refractivity contribution in [2.75, 3.05) is 19.5 Å². The van der Waals surface area contributed by atoms with Gasteiger partial charge in [-0.1, -0.05) is 32.0 Å². The zero-order chi connectivity index (χ0) is 18.2. The van der Waals surface area contributed by atoms with Crippen LogP contribution in [0, 0.1) is 11.3 Å². The summed E-state index contributed by atoms with van der Waals surface area (Å²) < 4.78 is 16.3. The predicted octanol–water partition coefficient (Wildman–Crippen LogP) is 4.08. The third kappa shape index (κ3) is 4.64. The highest BCUT2D eigenvalue weighted by molar-refractivity contribution is 5.48. The minimum absolute atomic E-state index is 0.0804. The Morgan fingerprint density at radius 1 is 1.16 bits per heavy atom. The van der Waals surface area contributed by atoms with Gasteiger partial charge < -0.3 is 19.5 Å². The lowest BCUT2D eigenvalue weighted by atomic mass is 10.1. The first kappa shape index (κ1) is 18.1. The Morgan fingerprint density at radius 2 is 1.88 bits per heavy atom. The molecule has 2 rings (SSSR count). The van der Waals surface area contributed by atoms with Crippen LogP contribution in [-0.4, -0.2) is 19.2 Å². The third-order valence-electron chi connectivity index (χ3n) is 3.38. The van der Waals surface area contributed by atoms with Crippen LogP contribution in [0.2, 0.25) is 0 Å². The van der Waals surface area contributed by atoms with E-state index in [1.807, 2.05) is 50.2 Å². The van der Waals surface area contributed by atoms with Crippen molar-refractivity contribution >= 4 is 5.69 Å². The van der Waals surface area contributed by atoms with E-state index in [0.29, 0.717) is 23.1 Å². The molecule has 6 heteroatoms. The van der Waals surface area contributed by atoms with Crippen LogP contribution in [0.25, 0.3) is 0 Å². The molecular formula is C19H21N3O3. The van der Waals surface area contributed by atoms with Crippen LogP contribution in [0.5, 0.6) is 17.4 Å². The molecule has 0 unspecified atom stereocenters. The average molecular weight is 339 g/mol. The van der Waals surface area contributed by atoms with Crippen LogP contribution >= 0.6 is 0 Å². The number of methoxy groups -OCH3 is 2. The SMILES string of the molecule is COc1cc(O/C(C#N)=C/Nc2ccccc2)c(C(C)C)nc1OC. The van der Waals surface area contributed by atoms with Crippen molar-refractivity contribution < 1.29 is 14.2 Å². The number of anilines is 1. The van der Waals surface area contributed by atoms with E-state index in [0.717, 1.165) is 5.69 Å². The molecule has 6 nitrogen and oxygen atoms in total. The highest BCUT2D eigenvalue weighted by atomic mass is 16.5. The summed E-state index contributed by atoms with van der Waals surface area (Å²) in [6.07, 6.45) is 1.51. The number of hydrogen-bond acceptors (Lipinski definition) is 6. The third-order valence-corrected chi connectivity index (χ3v) is 3.38. The lowest BCUT2D eigenvalue weighted by Gasteiger charge is -2.16. The molecule has 0 saturated carbocycles. The van der Waals surface area contributed by atoms with Gasteiger partial charge in [-0.05, 0) is 18.1 Å². The van der Waals surface area contributed by atoms with Gasteiger partial charge in [0.25, 0.3) is 5.88 Å². The maximum Gasteiger partial charge on any atom is 0.257 e. The van der Waals surface area contributed by atoms with E-state index in [2.05, 4.69) is 10.3 Å². The van der Waals surface area contributed by atoms with Gasteiger partial charge in [-0.2, -0.15) is 5.26 Å². The molecular weight excluding hydrogens is 318 g/mol. The molecule has 0 spiro atoms. The fourth-order valence-electron chi connectivity index (χ4n) is 2.15. The van der Waals surface area contributed by atoms with Gasteiger partial charge in [0.1, 0.15) is 6.07 Å². The molecule has 0 aliphatic heterocycles. The molecule has 1 aromatic heterocycles. The fourth-order valence-corrected chi connectivity index (χ4v) is 2.15. The second-order valence-electron chi connectivity index (χ2n) is 5.47. The molecule has 0 atom stereocenters. The van der Waals surface area contributed by atoms with Gasteiger partial charge in [0.15, 0.2) is 11.5 Å². The molecule has 1 heterocycles. The van der Waals surface area contributed by atoms with Crippen molar-refractivity contribution in [1.29, 1.82) is 5.26 Å². The average Bonchev–Trinajstić information content (AvgIpc) is 2.65. The second-order valence-corrected chi connectivity index (χ2v) is 5.47. The zero-order valence-corrected chi connectivity index (χ0v) is 14.7. The van der Waals surface area contributed by atoms with Gasteiger partial charge in [-0.3, -0.25) is 0 Å². The fraction of sp³-hybridized carbons (Fsp3) is 0.263. The van der Waals surface area contributed by atoms with Crippen LogP contribution < -0.4 is 19.5 Å². The number of allylic oxidation sites excluding steroid dienone is 1. The van der Waals surface area contributed by atoms with Crippen molar-refractivity contribution in [2.45, 2.75) is 19.8 Å². The maximum absolute atomic E-state index is 9.36. The van der Waals surface area contributed by atoms with E-state index >= 15 is 0 Å². The standard InChI is InChI=1S/C19H21N3O3/c1-13(2)18-16(10-17(23-3)19(22-18)24-4)25-15(11-20)12-21-14-8-6-5-7-9-14/h5-10,12-13,21H,1-4H3/b15-12+. The van der Waals surface area contributed by atoms with Crippen LogP contribution in [0.3, 0.4) is 0 Å². The Balaban J connectivity index is 2.31. The Kier molecular flexibility index (Phi) is 6.24. The molecule has 0 aliphatic carbocycles. The van der Waals surface area contributed by atoms with E-state index in [1.165, 1.54) is 20.4 Å². The zero-order valence-electron chi connectivity index (χ0n) is 14.7. The van der Waals surface area contributed by atoms with Gasteiger partial charge in [0.05, 0.1) is 26.1 Å². The lowest BCUT2D eigenvalue weighted by molar-refractivity contribution is 0.335. The summed E-state index contributed by atoms with van der Waals surface area (Å²) in [4.78, 5) is 4.44. The highest BCUT2D eigenvalue weighted by Crippen LogP contribution is 2.35. The van der Waals surface area contributed by atoms with Crippen LogP contribution in [0.15, 0.2) is 48.4 Å². The lowest BCUT2D eigenvalue weighted by Crippen LogP contribution is -2.05. The largest absolute Gasteiger partial charge is 0.491 e. The van der Waals surface area contributed by atoms with Gasteiger partial charge in [-0.25, -0.2) is 4.98 Å². The van der Waals surface area contributed by atoms with E-state index in [1.54, 1.807) is 6.07 Å². The van der Waals surface area contributed by atoms with E-state index in [-0.39, 0.29) is 11.7 Å². The molecule has 1 aromatic carbocycles. The number of nitrogens with one attached hydrogen (secondary N) is 1. The summed E-state index contributed by atoms with van der Waals surface area (Å²) >= 11 is 0. The molecule has 0 bridgehead atoms. The molecule has 0 radical (unpaired) electrons. The Bertz CT molecular complexity index is 780. The minimum Gasteiger partial charge on any atom is -0.491 e. The van der Waals surface area contributed by atoms with Gasteiger partial charge >= 0.3 is 0 Å². The van der Waals surface area contributed by atoms with E-state index < -0.39 is 0 Å². The van der Waals surface area contributed by atoms with Crippen molar-refractivity contribution in [2.24, 2.45) is 0 Å². The quantitative estimate of drug-likeness (QED) is 0.605. The van der Waals surface area contributed by atoms with E-state index in [4.69, 9.17) is 14.2 Å². The number of nitrogens with zero attached hydrogens (tertiary/aromatic N) is 2. The van der Waals surface area contributed by atoms with Gasteiger partial charge in [0, 0.05) is 11.8 Å². The molecule has 0 fully saturated rings. The number of nitriles is 1. The topological polar surface area (TPSA) is 76.4 Å². The molecule has 0 amide bonds. The summed E-state index contributed by atoms with van der Waals surface area (Å²) in [5.41, 5.74) is 1.53. The Hall–Kier alpha value is -3.20. The number of rotatable bonds is 7. The number of ether oxygens (including phenoxy) is 3. The number of para-hydroxylation sites is 1. The highest BCUT2D eigenvalue weighted by Gasteiger charge is 2.18. The van der Waals surface area contributed by atoms with Gasteiger partial charge in [-0.15, -0.1) is 0 Å². The normalized spacial score (nSPS) is 11.0. The molecule has 0 aliphatic rings. The Labute approximate surface area is 147 Å². The minimum atomic E-state index is 0.0804. The van der Waals surface area contributed by atoms with E-state index in [9.17, 15) is 5.26 Å². The summed E-state index contributed by atoms with van der Waals surface area (Å²) in [7, 11) is 3.05. The van der Waals surface area contributed by atoms with Gasteiger partial charge in [0.2, 0.25) is 5.76 Å². The summed E-state index contributed by atoms with van der Waals surface area (Å²) in [6, 6.07) is 13.2. The van der Waals surface area contributed by atoms with Crippen LogP contribution in [0.4, 0.5) is 5.69 Å². The summed E-state index contributed by atoms with van der Waals surface area (Å²) in [5, 5.41) is 12.4. The predicted molar refractivity (Wildman–Crippen MR) is 95.8 cm³/mol. The first-order valence-corrected chi connectivity index (χ1v) is 7.81. The van der Waals surface area contributed by atoms with Crippen molar-refractivity contribution in [3.63, 3.8) is 0 Å². The molecule has 1 N–H and O–H groups in total. The number of hydrogen-bond donors (Lipinski definition) is 1. The number of pyridine rings is 1.